The van der Waals surface area contributed by atoms with Crippen LogP contribution in [0.15, 0.2) is 53.0 Å². The summed E-state index contributed by atoms with van der Waals surface area (Å²) in [6.07, 6.45) is 1.97. The number of non-ortho nitro benzene ring substituents is 1. The highest BCUT2D eigenvalue weighted by Gasteiger charge is 2.05. The van der Waals surface area contributed by atoms with Crippen LogP contribution in [0.3, 0.4) is 0 Å². The minimum Gasteiger partial charge on any atom is -0.258 e. The van der Waals surface area contributed by atoms with Crippen LogP contribution < -0.4 is 0 Å². The number of nitrogens with zero attached hydrogens (tertiary/aromatic N) is 1. The van der Waals surface area contributed by atoms with Crippen molar-refractivity contribution < 1.29 is 4.92 Å². The number of benzene rings is 2. The molecular formula is C14H9Br2NO2. The van der Waals surface area contributed by atoms with Gasteiger partial charge in [0.2, 0.25) is 0 Å². The molecule has 0 fully saturated rings. The average molecular weight is 383 g/mol. The van der Waals surface area contributed by atoms with Gasteiger partial charge in [-0.2, -0.15) is 0 Å². The summed E-state index contributed by atoms with van der Waals surface area (Å²) in [5.74, 6) is 0. The molecule has 3 nitrogen and oxygen atoms in total. The smallest absolute Gasteiger partial charge is 0.258 e. The highest BCUT2D eigenvalue weighted by Crippen LogP contribution is 2.26. The van der Waals surface area contributed by atoms with Crippen molar-refractivity contribution in [3.63, 3.8) is 0 Å². The highest BCUT2D eigenvalue weighted by molar-refractivity contribution is 9.15. The zero-order valence-corrected chi connectivity index (χ0v) is 12.9. The molecule has 5 heteroatoms. The first-order valence-corrected chi connectivity index (χ1v) is 7.02. The summed E-state index contributed by atoms with van der Waals surface area (Å²) in [5, 5.41) is 10.6. The summed E-state index contributed by atoms with van der Waals surface area (Å²) < 4.78 is 1.90. The molecule has 2 aromatic carbocycles. The van der Waals surface area contributed by atoms with Crippen molar-refractivity contribution in [1.82, 2.24) is 0 Å². The number of hydrogen-bond acceptors (Lipinski definition) is 2. The van der Waals surface area contributed by atoms with Crippen LogP contribution in [-0.2, 0) is 0 Å². The maximum Gasteiger partial charge on any atom is 0.269 e. The summed E-state index contributed by atoms with van der Waals surface area (Å²) in [7, 11) is 0. The van der Waals surface area contributed by atoms with Crippen molar-refractivity contribution >= 4 is 48.1 Å². The summed E-state index contributed by atoms with van der Waals surface area (Å²) in [4.78, 5) is 10.2. The molecule has 96 valence electrons. The van der Waals surface area contributed by atoms with E-state index in [1.807, 2.05) is 30.3 Å². The lowest BCUT2D eigenvalue weighted by Crippen LogP contribution is -1.87. The van der Waals surface area contributed by atoms with Crippen molar-refractivity contribution in [3.05, 3.63) is 74.2 Å². The third kappa shape index (κ3) is 3.75. The fourth-order valence-corrected chi connectivity index (χ4v) is 2.32. The number of hydrogen-bond donors (Lipinski definition) is 0. The van der Waals surface area contributed by atoms with Crippen LogP contribution in [0, 0.1) is 10.1 Å². The molecule has 0 radical (unpaired) electrons. The molecule has 0 spiro atoms. The normalized spacial score (nSPS) is 11.4. The minimum absolute atomic E-state index is 0.0905. The Kier molecular flexibility index (Phi) is 4.50. The second kappa shape index (κ2) is 6.12. The van der Waals surface area contributed by atoms with E-state index in [0.717, 1.165) is 20.1 Å². The van der Waals surface area contributed by atoms with Gasteiger partial charge in [-0.05, 0) is 41.5 Å². The Morgan fingerprint density at radius 1 is 1.05 bits per heavy atom. The lowest BCUT2D eigenvalue weighted by molar-refractivity contribution is -0.384. The first kappa shape index (κ1) is 14.0. The SMILES string of the molecule is O=[N+]([O-])c1ccc(C(Br)=Cc2ccc(Br)cc2)cc1. The molecule has 0 aliphatic heterocycles. The molecule has 0 aromatic heterocycles. The quantitative estimate of drug-likeness (QED) is 0.413. The Labute approximate surface area is 127 Å². The van der Waals surface area contributed by atoms with Gasteiger partial charge in [-0.25, -0.2) is 0 Å². The predicted molar refractivity (Wildman–Crippen MR) is 84.0 cm³/mol. The van der Waals surface area contributed by atoms with Gasteiger partial charge in [0.05, 0.1) is 4.92 Å². The molecule has 19 heavy (non-hydrogen) atoms. The van der Waals surface area contributed by atoms with E-state index in [0.29, 0.717) is 0 Å². The molecule has 2 aromatic rings. The average Bonchev–Trinajstić information content (AvgIpc) is 2.41. The largest absolute Gasteiger partial charge is 0.269 e. The molecule has 0 N–H and O–H groups in total. The van der Waals surface area contributed by atoms with Gasteiger partial charge < -0.3 is 0 Å². The monoisotopic (exact) mass is 381 g/mol. The Balaban J connectivity index is 2.25. The molecule has 0 atom stereocenters. The van der Waals surface area contributed by atoms with Gasteiger partial charge in [-0.3, -0.25) is 10.1 Å². The first-order valence-electron chi connectivity index (χ1n) is 5.44. The third-order valence-electron chi connectivity index (χ3n) is 2.52. The molecule has 0 heterocycles. The molecule has 0 bridgehead atoms. The maximum absolute atomic E-state index is 10.6. The second-order valence-electron chi connectivity index (χ2n) is 3.85. The van der Waals surface area contributed by atoms with Crippen molar-refractivity contribution in [2.75, 3.05) is 0 Å². The zero-order valence-electron chi connectivity index (χ0n) is 9.72. The Hall–Kier alpha value is -1.46. The Bertz CT molecular complexity index is 619. The summed E-state index contributed by atoms with van der Waals surface area (Å²) in [6, 6.07) is 14.3. The van der Waals surface area contributed by atoms with Crippen LogP contribution in [0.5, 0.6) is 0 Å². The number of nitro groups is 1. The van der Waals surface area contributed by atoms with Gasteiger partial charge in [-0.15, -0.1) is 0 Å². The fraction of sp³-hybridized carbons (Fsp3) is 0. The van der Waals surface area contributed by atoms with E-state index < -0.39 is 4.92 Å². The van der Waals surface area contributed by atoms with E-state index in [4.69, 9.17) is 0 Å². The minimum atomic E-state index is -0.407. The summed E-state index contributed by atoms with van der Waals surface area (Å²) in [6.45, 7) is 0. The van der Waals surface area contributed by atoms with Crippen LogP contribution in [0.1, 0.15) is 11.1 Å². The van der Waals surface area contributed by atoms with Crippen LogP contribution in [0.25, 0.3) is 10.6 Å². The molecule has 0 saturated carbocycles. The van der Waals surface area contributed by atoms with Crippen LogP contribution in [0.2, 0.25) is 0 Å². The maximum atomic E-state index is 10.6. The van der Waals surface area contributed by atoms with Gasteiger partial charge in [0.25, 0.3) is 5.69 Å². The van der Waals surface area contributed by atoms with Crippen molar-refractivity contribution in [2.24, 2.45) is 0 Å². The van der Waals surface area contributed by atoms with Gasteiger partial charge in [0.15, 0.2) is 0 Å². The molecule has 0 amide bonds. The molecule has 0 aliphatic carbocycles. The second-order valence-corrected chi connectivity index (χ2v) is 5.62. The van der Waals surface area contributed by atoms with E-state index in [1.165, 1.54) is 12.1 Å². The fourth-order valence-electron chi connectivity index (χ4n) is 1.53. The van der Waals surface area contributed by atoms with Gasteiger partial charge in [0.1, 0.15) is 0 Å². The lowest BCUT2D eigenvalue weighted by Gasteiger charge is -2.00. The predicted octanol–water partition coefficient (Wildman–Crippen LogP) is 5.25. The summed E-state index contributed by atoms with van der Waals surface area (Å²) >= 11 is 6.86. The highest BCUT2D eigenvalue weighted by atomic mass is 79.9. The van der Waals surface area contributed by atoms with Crippen LogP contribution in [-0.4, -0.2) is 4.92 Å². The van der Waals surface area contributed by atoms with Crippen molar-refractivity contribution in [3.8, 4) is 0 Å². The van der Waals surface area contributed by atoms with Crippen molar-refractivity contribution in [2.45, 2.75) is 0 Å². The molecule has 2 rings (SSSR count). The first-order chi connectivity index (χ1) is 9.06. The Morgan fingerprint density at radius 2 is 1.63 bits per heavy atom. The van der Waals surface area contributed by atoms with E-state index in [2.05, 4.69) is 31.9 Å². The van der Waals surface area contributed by atoms with E-state index >= 15 is 0 Å². The molecule has 0 aliphatic rings. The van der Waals surface area contributed by atoms with Crippen LogP contribution >= 0.6 is 31.9 Å². The number of rotatable bonds is 3. The molecule has 0 saturated heterocycles. The zero-order chi connectivity index (χ0) is 13.8. The number of nitro benzene ring substituents is 1. The van der Waals surface area contributed by atoms with Gasteiger partial charge in [-0.1, -0.05) is 44.0 Å². The Morgan fingerprint density at radius 3 is 2.16 bits per heavy atom. The lowest BCUT2D eigenvalue weighted by atomic mass is 10.1. The van der Waals surface area contributed by atoms with E-state index in [-0.39, 0.29) is 5.69 Å². The van der Waals surface area contributed by atoms with Crippen LogP contribution in [0.4, 0.5) is 5.69 Å². The third-order valence-corrected chi connectivity index (χ3v) is 3.73. The van der Waals surface area contributed by atoms with E-state index in [9.17, 15) is 10.1 Å². The van der Waals surface area contributed by atoms with Crippen molar-refractivity contribution in [1.29, 1.82) is 0 Å². The molecular weight excluding hydrogens is 374 g/mol. The van der Waals surface area contributed by atoms with Gasteiger partial charge in [0, 0.05) is 21.1 Å². The standard InChI is InChI=1S/C14H9Br2NO2/c15-12-5-1-10(2-6-12)9-14(16)11-3-7-13(8-4-11)17(18)19/h1-9H. The summed E-state index contributed by atoms with van der Waals surface area (Å²) in [5.41, 5.74) is 2.04. The molecule has 0 unspecified atom stereocenters. The topological polar surface area (TPSA) is 43.1 Å². The van der Waals surface area contributed by atoms with Gasteiger partial charge >= 0.3 is 0 Å². The van der Waals surface area contributed by atoms with E-state index in [1.54, 1.807) is 12.1 Å². The number of halogens is 2.